The maximum Gasteiger partial charge on any atom is 0.416 e. The van der Waals surface area contributed by atoms with Gasteiger partial charge in [0.25, 0.3) is 5.91 Å². The molecule has 1 aromatic heterocycles. The lowest BCUT2D eigenvalue weighted by atomic mass is 9.78. The summed E-state index contributed by atoms with van der Waals surface area (Å²) in [5, 5.41) is 7.90. The Kier molecular flexibility index (Phi) is 5.10. The Labute approximate surface area is 167 Å². The van der Waals surface area contributed by atoms with Crippen LogP contribution in [0.25, 0.3) is 5.69 Å². The number of hydrogen-bond acceptors (Lipinski definition) is 4. The Morgan fingerprint density at radius 1 is 1.14 bits per heavy atom. The molecule has 0 bridgehead atoms. The van der Waals surface area contributed by atoms with Crippen molar-refractivity contribution < 1.29 is 18.0 Å². The van der Waals surface area contributed by atoms with E-state index in [0.717, 1.165) is 50.9 Å². The van der Waals surface area contributed by atoms with Gasteiger partial charge in [-0.3, -0.25) is 4.79 Å². The maximum atomic E-state index is 13.3. The van der Waals surface area contributed by atoms with Crippen molar-refractivity contribution in [3.05, 3.63) is 41.7 Å². The molecule has 2 aromatic rings. The van der Waals surface area contributed by atoms with Crippen molar-refractivity contribution in [3.63, 3.8) is 0 Å². The van der Waals surface area contributed by atoms with Crippen LogP contribution in [0, 0.1) is 0 Å². The fourth-order valence-electron chi connectivity index (χ4n) is 4.58. The number of halogens is 3. The quantitative estimate of drug-likeness (QED) is 0.766. The molecule has 0 radical (unpaired) electrons. The molecule has 1 amide bonds. The van der Waals surface area contributed by atoms with Crippen LogP contribution in [0.5, 0.6) is 0 Å². The number of carbonyl (C=O) groups is 1. The van der Waals surface area contributed by atoms with Crippen LogP contribution in [-0.4, -0.2) is 62.9 Å². The van der Waals surface area contributed by atoms with Crippen molar-refractivity contribution in [2.24, 2.45) is 0 Å². The van der Waals surface area contributed by atoms with Gasteiger partial charge in [-0.1, -0.05) is 30.5 Å². The third-order valence-corrected chi connectivity index (χ3v) is 6.02. The summed E-state index contributed by atoms with van der Waals surface area (Å²) in [6.45, 7) is 2.24. The summed E-state index contributed by atoms with van der Waals surface area (Å²) in [4.78, 5) is 17.4. The normalized spacial score (nSPS) is 20.2. The molecule has 1 saturated heterocycles. The minimum atomic E-state index is -4.44. The average molecular weight is 407 g/mol. The zero-order valence-electron chi connectivity index (χ0n) is 16.3. The second-order valence-corrected chi connectivity index (χ2v) is 8.08. The lowest BCUT2D eigenvalue weighted by Gasteiger charge is -2.52. The Balaban J connectivity index is 1.60. The summed E-state index contributed by atoms with van der Waals surface area (Å²) in [6.07, 6.45) is 2.27. The SMILES string of the molecule is CN1CCN(C(=O)c2cn(-c3cccc(C(F)(F)F)c3)nn2)C2(CCCCC2)C1. The third-order valence-electron chi connectivity index (χ3n) is 6.02. The summed E-state index contributed by atoms with van der Waals surface area (Å²) >= 11 is 0. The van der Waals surface area contributed by atoms with Gasteiger partial charge in [0.05, 0.1) is 23.0 Å². The molecule has 4 rings (SSSR count). The lowest BCUT2D eigenvalue weighted by molar-refractivity contribution is -0.137. The van der Waals surface area contributed by atoms with Gasteiger partial charge in [0.1, 0.15) is 0 Å². The van der Waals surface area contributed by atoms with Gasteiger partial charge < -0.3 is 9.80 Å². The number of hydrogen-bond donors (Lipinski definition) is 0. The summed E-state index contributed by atoms with van der Waals surface area (Å²) in [7, 11) is 2.07. The number of carbonyl (C=O) groups excluding carboxylic acids is 1. The van der Waals surface area contributed by atoms with E-state index >= 15 is 0 Å². The van der Waals surface area contributed by atoms with E-state index < -0.39 is 11.7 Å². The first kappa shape index (κ1) is 19.9. The average Bonchev–Trinajstić information content (AvgIpc) is 3.18. The predicted molar refractivity (Wildman–Crippen MR) is 101 cm³/mol. The highest BCUT2D eigenvalue weighted by Gasteiger charge is 2.44. The van der Waals surface area contributed by atoms with E-state index in [1.165, 1.54) is 29.4 Å². The smallest absolute Gasteiger partial charge is 0.329 e. The molecule has 1 aromatic carbocycles. The molecule has 6 nitrogen and oxygen atoms in total. The van der Waals surface area contributed by atoms with E-state index in [0.29, 0.717) is 6.54 Å². The molecular weight excluding hydrogens is 383 g/mol. The van der Waals surface area contributed by atoms with Crippen LogP contribution in [0.4, 0.5) is 13.2 Å². The topological polar surface area (TPSA) is 54.3 Å². The second-order valence-electron chi connectivity index (χ2n) is 8.08. The van der Waals surface area contributed by atoms with Crippen LogP contribution >= 0.6 is 0 Å². The van der Waals surface area contributed by atoms with Crippen LogP contribution in [0.2, 0.25) is 0 Å². The summed E-state index contributed by atoms with van der Waals surface area (Å²) in [6, 6.07) is 4.83. The first-order valence-electron chi connectivity index (χ1n) is 9.89. The molecule has 9 heteroatoms. The van der Waals surface area contributed by atoms with Crippen molar-refractivity contribution >= 4 is 5.91 Å². The molecular formula is C20H24F3N5O. The number of piperazine rings is 1. The minimum absolute atomic E-state index is 0.164. The zero-order chi connectivity index (χ0) is 20.6. The molecule has 156 valence electrons. The molecule has 1 saturated carbocycles. The van der Waals surface area contributed by atoms with Gasteiger partial charge in [0.2, 0.25) is 0 Å². The molecule has 2 fully saturated rings. The van der Waals surface area contributed by atoms with E-state index in [9.17, 15) is 18.0 Å². The lowest BCUT2D eigenvalue weighted by Crippen LogP contribution is -2.63. The van der Waals surface area contributed by atoms with Crippen LogP contribution in [-0.2, 0) is 6.18 Å². The number of rotatable bonds is 2. The number of aromatic nitrogens is 3. The molecule has 1 aliphatic carbocycles. The Morgan fingerprint density at radius 3 is 2.62 bits per heavy atom. The maximum absolute atomic E-state index is 13.3. The van der Waals surface area contributed by atoms with E-state index in [2.05, 4.69) is 22.3 Å². The van der Waals surface area contributed by atoms with Crippen molar-refractivity contribution in [1.29, 1.82) is 0 Å². The summed E-state index contributed by atoms with van der Waals surface area (Å²) < 4.78 is 40.2. The molecule has 0 N–H and O–H groups in total. The number of benzene rings is 1. The molecule has 0 atom stereocenters. The molecule has 1 aliphatic heterocycles. The number of alkyl halides is 3. The van der Waals surface area contributed by atoms with Gasteiger partial charge in [0.15, 0.2) is 5.69 Å². The van der Waals surface area contributed by atoms with Gasteiger partial charge in [-0.15, -0.1) is 5.10 Å². The highest BCUT2D eigenvalue weighted by molar-refractivity contribution is 5.92. The number of amides is 1. The van der Waals surface area contributed by atoms with E-state index in [1.807, 2.05) is 4.90 Å². The molecule has 1 spiro atoms. The zero-order valence-corrected chi connectivity index (χ0v) is 16.3. The van der Waals surface area contributed by atoms with Crippen LogP contribution < -0.4 is 0 Å². The Morgan fingerprint density at radius 2 is 1.90 bits per heavy atom. The monoisotopic (exact) mass is 407 g/mol. The van der Waals surface area contributed by atoms with Crippen LogP contribution in [0.15, 0.2) is 30.5 Å². The van der Waals surface area contributed by atoms with Gasteiger partial charge >= 0.3 is 6.18 Å². The van der Waals surface area contributed by atoms with Gasteiger partial charge in [0, 0.05) is 19.6 Å². The van der Waals surface area contributed by atoms with Crippen molar-refractivity contribution in [1.82, 2.24) is 24.8 Å². The standard InChI is InChI=1S/C20H24F3N5O/c1-26-10-11-27(19(14-26)8-3-2-4-9-19)18(29)17-13-28(25-24-17)16-7-5-6-15(12-16)20(21,22)23/h5-7,12-13H,2-4,8-11,14H2,1H3. The predicted octanol–water partition coefficient (Wildman–Crippen LogP) is 3.38. The van der Waals surface area contributed by atoms with E-state index in [4.69, 9.17) is 0 Å². The summed E-state index contributed by atoms with van der Waals surface area (Å²) in [5.41, 5.74) is -0.574. The van der Waals surface area contributed by atoms with E-state index in [1.54, 1.807) is 0 Å². The molecule has 2 heterocycles. The number of likely N-dealkylation sites (N-methyl/N-ethyl adjacent to an activating group) is 1. The fraction of sp³-hybridized carbons (Fsp3) is 0.550. The Hall–Kier alpha value is -2.42. The third kappa shape index (κ3) is 3.88. The van der Waals surface area contributed by atoms with Gasteiger partial charge in [-0.05, 0) is 38.1 Å². The van der Waals surface area contributed by atoms with Gasteiger partial charge in [-0.25, -0.2) is 4.68 Å². The highest BCUT2D eigenvalue weighted by atomic mass is 19.4. The van der Waals surface area contributed by atoms with Crippen LogP contribution in [0.3, 0.4) is 0 Å². The first-order chi connectivity index (χ1) is 13.8. The highest BCUT2D eigenvalue weighted by Crippen LogP contribution is 2.37. The first-order valence-corrected chi connectivity index (χ1v) is 9.89. The minimum Gasteiger partial charge on any atom is -0.329 e. The van der Waals surface area contributed by atoms with Crippen LogP contribution in [0.1, 0.15) is 48.2 Å². The van der Waals surface area contributed by atoms with Crippen molar-refractivity contribution in [2.75, 3.05) is 26.7 Å². The fourth-order valence-corrected chi connectivity index (χ4v) is 4.58. The molecule has 29 heavy (non-hydrogen) atoms. The number of nitrogens with zero attached hydrogens (tertiary/aromatic N) is 5. The van der Waals surface area contributed by atoms with E-state index in [-0.39, 0.29) is 22.8 Å². The van der Waals surface area contributed by atoms with Crippen molar-refractivity contribution in [2.45, 2.75) is 43.8 Å². The largest absolute Gasteiger partial charge is 0.416 e. The Bertz CT molecular complexity index is 888. The van der Waals surface area contributed by atoms with Gasteiger partial charge in [-0.2, -0.15) is 13.2 Å². The molecule has 0 unspecified atom stereocenters. The summed E-state index contributed by atoms with van der Waals surface area (Å²) in [5.74, 6) is -0.196. The van der Waals surface area contributed by atoms with Crippen molar-refractivity contribution in [3.8, 4) is 5.69 Å². The second kappa shape index (κ2) is 7.44. The molecule has 2 aliphatic rings.